The van der Waals surface area contributed by atoms with E-state index < -0.39 is 21.8 Å². The standard InChI is InChI=1S/C12H13FN2O3/c1-12(2,8-14)5-6-18-11-4-3-9(13)7-10(11)15(16)17/h3-4,7H,5-6H2,1-2H3. The molecule has 0 aliphatic carbocycles. The van der Waals surface area contributed by atoms with Crippen molar-refractivity contribution >= 4 is 5.69 Å². The predicted molar refractivity (Wildman–Crippen MR) is 62.6 cm³/mol. The fraction of sp³-hybridized carbons (Fsp3) is 0.417. The molecule has 6 heteroatoms. The maximum Gasteiger partial charge on any atom is 0.313 e. The third kappa shape index (κ3) is 3.70. The van der Waals surface area contributed by atoms with Gasteiger partial charge in [0.25, 0.3) is 0 Å². The number of hydrogen-bond acceptors (Lipinski definition) is 4. The fourth-order valence-corrected chi connectivity index (χ4v) is 1.23. The van der Waals surface area contributed by atoms with E-state index in [1.165, 1.54) is 6.07 Å². The van der Waals surface area contributed by atoms with Gasteiger partial charge in [-0.15, -0.1) is 0 Å². The summed E-state index contributed by atoms with van der Waals surface area (Å²) in [6, 6.07) is 5.22. The molecule has 0 atom stereocenters. The van der Waals surface area contributed by atoms with E-state index in [0.717, 1.165) is 12.1 Å². The summed E-state index contributed by atoms with van der Waals surface area (Å²) >= 11 is 0. The number of nitriles is 1. The minimum Gasteiger partial charge on any atom is -0.487 e. The van der Waals surface area contributed by atoms with Crippen LogP contribution in [-0.4, -0.2) is 11.5 Å². The van der Waals surface area contributed by atoms with Crippen molar-refractivity contribution in [1.82, 2.24) is 0 Å². The summed E-state index contributed by atoms with van der Waals surface area (Å²) in [5.74, 6) is -0.679. The zero-order chi connectivity index (χ0) is 13.8. The van der Waals surface area contributed by atoms with Crippen molar-refractivity contribution < 1.29 is 14.1 Å². The van der Waals surface area contributed by atoms with Crippen LogP contribution >= 0.6 is 0 Å². The van der Waals surface area contributed by atoms with Crippen LogP contribution in [0.4, 0.5) is 10.1 Å². The summed E-state index contributed by atoms with van der Waals surface area (Å²) < 4.78 is 18.1. The summed E-state index contributed by atoms with van der Waals surface area (Å²) in [5.41, 5.74) is -0.973. The Morgan fingerprint density at radius 1 is 1.56 bits per heavy atom. The number of nitro groups is 1. The summed E-state index contributed by atoms with van der Waals surface area (Å²) in [6.07, 6.45) is 0.429. The Kier molecular flexibility index (Phi) is 4.21. The third-order valence-electron chi connectivity index (χ3n) is 2.40. The van der Waals surface area contributed by atoms with E-state index in [9.17, 15) is 14.5 Å². The molecule has 0 aliphatic rings. The van der Waals surface area contributed by atoms with Crippen molar-refractivity contribution in [3.8, 4) is 11.8 Å². The maximum atomic E-state index is 12.9. The lowest BCUT2D eigenvalue weighted by Crippen LogP contribution is -2.13. The number of ether oxygens (including phenoxy) is 1. The van der Waals surface area contributed by atoms with Crippen molar-refractivity contribution in [1.29, 1.82) is 5.26 Å². The molecule has 18 heavy (non-hydrogen) atoms. The van der Waals surface area contributed by atoms with Crippen LogP contribution in [-0.2, 0) is 0 Å². The molecule has 5 nitrogen and oxygen atoms in total. The van der Waals surface area contributed by atoms with Gasteiger partial charge in [-0.05, 0) is 32.4 Å². The maximum absolute atomic E-state index is 12.9. The Morgan fingerprint density at radius 3 is 2.78 bits per heavy atom. The van der Waals surface area contributed by atoms with Crippen LogP contribution in [0, 0.1) is 32.7 Å². The first-order chi connectivity index (χ1) is 8.35. The van der Waals surface area contributed by atoms with Crippen molar-refractivity contribution in [3.05, 3.63) is 34.1 Å². The van der Waals surface area contributed by atoms with E-state index >= 15 is 0 Å². The molecule has 0 spiro atoms. The van der Waals surface area contributed by atoms with E-state index in [4.69, 9.17) is 10.00 Å². The molecule has 0 radical (unpaired) electrons. The zero-order valence-corrected chi connectivity index (χ0v) is 10.1. The Bertz CT molecular complexity index is 495. The van der Waals surface area contributed by atoms with Crippen LogP contribution in [0.2, 0.25) is 0 Å². The van der Waals surface area contributed by atoms with Crippen LogP contribution in [0.15, 0.2) is 18.2 Å². The quantitative estimate of drug-likeness (QED) is 0.596. The molecule has 1 rings (SSSR count). The van der Waals surface area contributed by atoms with Gasteiger partial charge in [0, 0.05) is 0 Å². The highest BCUT2D eigenvalue weighted by atomic mass is 19.1. The number of rotatable bonds is 5. The van der Waals surface area contributed by atoms with Crippen molar-refractivity contribution in [3.63, 3.8) is 0 Å². The highest BCUT2D eigenvalue weighted by molar-refractivity contribution is 5.46. The second kappa shape index (κ2) is 5.45. The van der Waals surface area contributed by atoms with E-state index in [1.54, 1.807) is 13.8 Å². The molecule has 0 aromatic heterocycles. The average molecular weight is 252 g/mol. The van der Waals surface area contributed by atoms with Crippen LogP contribution in [0.5, 0.6) is 5.75 Å². The van der Waals surface area contributed by atoms with Gasteiger partial charge in [0.1, 0.15) is 5.82 Å². The first-order valence-electron chi connectivity index (χ1n) is 5.34. The molecule has 0 bridgehead atoms. The lowest BCUT2D eigenvalue weighted by atomic mass is 9.92. The summed E-state index contributed by atoms with van der Waals surface area (Å²) in [6.45, 7) is 3.65. The molecule has 0 heterocycles. The number of nitro benzene ring substituents is 1. The Morgan fingerprint density at radius 2 is 2.22 bits per heavy atom. The van der Waals surface area contributed by atoms with Gasteiger partial charge in [-0.2, -0.15) is 5.26 Å². The molecule has 0 fully saturated rings. The van der Waals surface area contributed by atoms with Gasteiger partial charge < -0.3 is 4.74 Å². The lowest BCUT2D eigenvalue weighted by Gasteiger charge is -2.15. The van der Waals surface area contributed by atoms with Crippen molar-refractivity contribution in [2.45, 2.75) is 20.3 Å². The molecule has 1 aromatic rings. The SMILES string of the molecule is CC(C)(C#N)CCOc1ccc(F)cc1[N+](=O)[O-]. The van der Waals surface area contributed by atoms with Crippen LogP contribution in [0.3, 0.4) is 0 Å². The molecule has 1 aromatic carbocycles. The van der Waals surface area contributed by atoms with Gasteiger partial charge in [-0.3, -0.25) is 10.1 Å². The molecular weight excluding hydrogens is 239 g/mol. The van der Waals surface area contributed by atoms with Gasteiger partial charge in [0.15, 0.2) is 5.75 Å². The molecular formula is C12H13FN2O3. The summed E-state index contributed by atoms with van der Waals surface area (Å²) in [5, 5.41) is 19.5. The molecule has 0 saturated carbocycles. The molecule has 96 valence electrons. The predicted octanol–water partition coefficient (Wildman–Crippen LogP) is 3.05. The van der Waals surface area contributed by atoms with Gasteiger partial charge in [-0.25, -0.2) is 4.39 Å². The minimum atomic E-state index is -0.701. The smallest absolute Gasteiger partial charge is 0.313 e. The number of halogens is 1. The molecule has 0 N–H and O–H groups in total. The van der Waals surface area contributed by atoms with Crippen LogP contribution in [0.25, 0.3) is 0 Å². The number of hydrogen-bond donors (Lipinski definition) is 0. The first-order valence-corrected chi connectivity index (χ1v) is 5.34. The summed E-state index contributed by atoms with van der Waals surface area (Å²) in [7, 11) is 0. The second-order valence-corrected chi connectivity index (χ2v) is 4.46. The van der Waals surface area contributed by atoms with E-state index in [1.807, 2.05) is 0 Å². The number of nitrogens with zero attached hydrogens (tertiary/aromatic N) is 2. The zero-order valence-electron chi connectivity index (χ0n) is 10.1. The largest absolute Gasteiger partial charge is 0.487 e. The molecule has 0 unspecified atom stereocenters. The number of benzene rings is 1. The molecule has 0 amide bonds. The van der Waals surface area contributed by atoms with Crippen LogP contribution in [0.1, 0.15) is 20.3 Å². The fourth-order valence-electron chi connectivity index (χ4n) is 1.23. The second-order valence-electron chi connectivity index (χ2n) is 4.46. The van der Waals surface area contributed by atoms with Crippen molar-refractivity contribution in [2.75, 3.05) is 6.61 Å². The van der Waals surface area contributed by atoms with Crippen molar-refractivity contribution in [2.24, 2.45) is 5.41 Å². The van der Waals surface area contributed by atoms with Gasteiger partial charge in [0.2, 0.25) is 0 Å². The minimum absolute atomic E-state index is 0.00939. The monoisotopic (exact) mass is 252 g/mol. The Labute approximate surface area is 104 Å². The van der Waals surface area contributed by atoms with Crippen LogP contribution < -0.4 is 4.74 Å². The van der Waals surface area contributed by atoms with E-state index in [-0.39, 0.29) is 12.4 Å². The highest BCUT2D eigenvalue weighted by Crippen LogP contribution is 2.28. The Hall–Kier alpha value is -2.16. The van der Waals surface area contributed by atoms with E-state index in [0.29, 0.717) is 6.42 Å². The van der Waals surface area contributed by atoms with E-state index in [2.05, 4.69) is 6.07 Å². The van der Waals surface area contributed by atoms with Gasteiger partial charge in [0.05, 0.1) is 29.1 Å². The topological polar surface area (TPSA) is 76.2 Å². The third-order valence-corrected chi connectivity index (χ3v) is 2.40. The lowest BCUT2D eigenvalue weighted by molar-refractivity contribution is -0.386. The normalized spacial score (nSPS) is 10.8. The van der Waals surface area contributed by atoms with Gasteiger partial charge in [-0.1, -0.05) is 0 Å². The molecule has 0 aliphatic heterocycles. The Balaban J connectivity index is 2.74. The first kappa shape index (κ1) is 13.9. The molecule has 0 saturated heterocycles. The summed E-state index contributed by atoms with van der Waals surface area (Å²) in [4.78, 5) is 10.00. The highest BCUT2D eigenvalue weighted by Gasteiger charge is 2.19. The van der Waals surface area contributed by atoms with Gasteiger partial charge >= 0.3 is 5.69 Å². The average Bonchev–Trinajstić information content (AvgIpc) is 2.30.